The predicted octanol–water partition coefficient (Wildman–Crippen LogP) is 2.53. The first-order valence-corrected chi connectivity index (χ1v) is 9.77. The minimum absolute atomic E-state index is 0.00275. The third-order valence-electron chi connectivity index (χ3n) is 4.97. The first-order valence-electron chi connectivity index (χ1n) is 9.77. The third-order valence-corrected chi connectivity index (χ3v) is 4.97. The summed E-state index contributed by atoms with van der Waals surface area (Å²) in [4.78, 5) is 12.4. The average molecular weight is 387 g/mol. The number of benzene rings is 1. The Balaban J connectivity index is 1.52. The summed E-state index contributed by atoms with van der Waals surface area (Å²) in [5, 5.41) is 14.9. The van der Waals surface area contributed by atoms with Crippen LogP contribution in [0.15, 0.2) is 18.2 Å². The monoisotopic (exact) mass is 387 g/mol. The fraction of sp³-hybridized carbons (Fsp3) is 0.550. The summed E-state index contributed by atoms with van der Waals surface area (Å²) in [7, 11) is 3.16. The van der Waals surface area contributed by atoms with E-state index in [1.165, 1.54) is 19.3 Å². The van der Waals surface area contributed by atoms with E-state index in [1.54, 1.807) is 32.4 Å². The molecule has 28 heavy (non-hydrogen) atoms. The van der Waals surface area contributed by atoms with E-state index in [-0.39, 0.29) is 11.9 Å². The lowest BCUT2D eigenvalue weighted by atomic mass is 10.2. The van der Waals surface area contributed by atoms with Gasteiger partial charge in [-0.15, -0.1) is 10.2 Å². The van der Waals surface area contributed by atoms with E-state index in [9.17, 15) is 4.79 Å². The third kappa shape index (κ3) is 5.01. The van der Waals surface area contributed by atoms with Crippen molar-refractivity contribution in [3.05, 3.63) is 29.8 Å². The van der Waals surface area contributed by atoms with E-state index >= 15 is 0 Å². The van der Waals surface area contributed by atoms with Crippen LogP contribution < -0.4 is 20.1 Å². The van der Waals surface area contributed by atoms with Crippen LogP contribution in [-0.2, 0) is 24.3 Å². The number of rotatable bonds is 8. The summed E-state index contributed by atoms with van der Waals surface area (Å²) in [6.07, 6.45) is 4.92. The van der Waals surface area contributed by atoms with Crippen LogP contribution in [0, 0.1) is 0 Å². The quantitative estimate of drug-likeness (QED) is 0.723. The molecule has 1 amide bonds. The Kier molecular flexibility index (Phi) is 6.86. The Morgan fingerprint density at radius 3 is 2.86 bits per heavy atom. The van der Waals surface area contributed by atoms with Crippen molar-refractivity contribution in [2.75, 3.05) is 19.5 Å². The van der Waals surface area contributed by atoms with Gasteiger partial charge < -0.3 is 24.7 Å². The van der Waals surface area contributed by atoms with Gasteiger partial charge in [-0.1, -0.05) is 6.42 Å². The summed E-state index contributed by atoms with van der Waals surface area (Å²) >= 11 is 0. The van der Waals surface area contributed by atoms with Crippen molar-refractivity contribution in [3.8, 4) is 11.5 Å². The molecule has 1 unspecified atom stereocenters. The van der Waals surface area contributed by atoms with Crippen molar-refractivity contribution in [2.45, 2.75) is 58.2 Å². The largest absolute Gasteiger partial charge is 0.497 e. The van der Waals surface area contributed by atoms with Crippen molar-refractivity contribution >= 4 is 11.6 Å². The molecule has 2 aromatic rings. The molecule has 1 atom stereocenters. The zero-order valence-electron chi connectivity index (χ0n) is 16.8. The zero-order chi connectivity index (χ0) is 19.9. The van der Waals surface area contributed by atoms with Gasteiger partial charge in [0.1, 0.15) is 23.1 Å². The Hall–Kier alpha value is -2.61. The van der Waals surface area contributed by atoms with Crippen molar-refractivity contribution in [1.82, 2.24) is 20.1 Å². The molecule has 0 saturated heterocycles. The van der Waals surface area contributed by atoms with E-state index in [0.29, 0.717) is 30.2 Å². The molecule has 0 fully saturated rings. The fourth-order valence-corrected chi connectivity index (χ4v) is 3.39. The highest BCUT2D eigenvalue weighted by atomic mass is 16.5. The van der Waals surface area contributed by atoms with Crippen LogP contribution in [0.4, 0.5) is 5.69 Å². The first-order chi connectivity index (χ1) is 13.6. The van der Waals surface area contributed by atoms with Crippen LogP contribution in [0.25, 0.3) is 0 Å². The summed E-state index contributed by atoms with van der Waals surface area (Å²) in [6, 6.07) is 5.31. The van der Waals surface area contributed by atoms with Crippen molar-refractivity contribution in [2.24, 2.45) is 0 Å². The molecule has 0 bridgehead atoms. The number of carbonyl (C=O) groups excluding carboxylic acids is 1. The maximum atomic E-state index is 12.4. The second kappa shape index (κ2) is 9.54. The van der Waals surface area contributed by atoms with Crippen LogP contribution in [0.3, 0.4) is 0 Å². The minimum atomic E-state index is -0.0801. The van der Waals surface area contributed by atoms with E-state index in [0.717, 1.165) is 24.6 Å². The molecule has 0 spiro atoms. The van der Waals surface area contributed by atoms with Gasteiger partial charge in [-0.2, -0.15) is 0 Å². The molecule has 3 rings (SSSR count). The number of methoxy groups -OCH3 is 2. The Morgan fingerprint density at radius 1 is 1.21 bits per heavy atom. The molecule has 8 nitrogen and oxygen atoms in total. The second-order valence-corrected chi connectivity index (χ2v) is 7.10. The molecule has 1 aliphatic rings. The SMILES string of the molecule is COc1ccc(NC(=O)CC(C)NCc2nnc3n2CCCCC3)c(OC)c1. The Labute approximate surface area is 165 Å². The lowest BCUT2D eigenvalue weighted by Gasteiger charge is -2.15. The number of hydrogen-bond donors (Lipinski definition) is 2. The number of amides is 1. The van der Waals surface area contributed by atoms with Crippen molar-refractivity contribution < 1.29 is 14.3 Å². The molecular weight excluding hydrogens is 358 g/mol. The molecule has 2 N–H and O–H groups in total. The molecular formula is C20H29N5O3. The lowest BCUT2D eigenvalue weighted by molar-refractivity contribution is -0.116. The number of nitrogens with one attached hydrogen (secondary N) is 2. The topological polar surface area (TPSA) is 90.3 Å². The number of nitrogens with zero attached hydrogens (tertiary/aromatic N) is 3. The van der Waals surface area contributed by atoms with Gasteiger partial charge in [0.2, 0.25) is 5.91 Å². The maximum absolute atomic E-state index is 12.4. The minimum Gasteiger partial charge on any atom is -0.497 e. The molecule has 152 valence electrons. The van der Waals surface area contributed by atoms with Gasteiger partial charge in [-0.05, 0) is 31.9 Å². The average Bonchev–Trinajstić information content (AvgIpc) is 2.92. The normalized spacial score (nSPS) is 14.7. The van der Waals surface area contributed by atoms with E-state index in [1.807, 2.05) is 6.92 Å². The van der Waals surface area contributed by atoms with Crippen LogP contribution >= 0.6 is 0 Å². The van der Waals surface area contributed by atoms with Gasteiger partial charge in [-0.25, -0.2) is 0 Å². The van der Waals surface area contributed by atoms with Gasteiger partial charge in [0, 0.05) is 31.5 Å². The molecule has 8 heteroatoms. The molecule has 0 radical (unpaired) electrons. The molecule has 1 aliphatic heterocycles. The second-order valence-electron chi connectivity index (χ2n) is 7.10. The van der Waals surface area contributed by atoms with Gasteiger partial charge >= 0.3 is 0 Å². The number of fused-ring (bicyclic) bond motifs is 1. The van der Waals surface area contributed by atoms with Crippen LogP contribution in [0.2, 0.25) is 0 Å². The van der Waals surface area contributed by atoms with Crippen LogP contribution in [0.5, 0.6) is 11.5 Å². The van der Waals surface area contributed by atoms with Crippen LogP contribution in [-0.4, -0.2) is 40.9 Å². The van der Waals surface area contributed by atoms with Gasteiger partial charge in [-0.3, -0.25) is 4.79 Å². The fourth-order valence-electron chi connectivity index (χ4n) is 3.39. The molecule has 0 saturated carbocycles. The molecule has 2 heterocycles. The number of aromatic nitrogens is 3. The predicted molar refractivity (Wildman–Crippen MR) is 107 cm³/mol. The van der Waals surface area contributed by atoms with Gasteiger partial charge in [0.15, 0.2) is 0 Å². The Bertz CT molecular complexity index is 805. The smallest absolute Gasteiger partial charge is 0.226 e. The number of ether oxygens (including phenoxy) is 2. The number of carbonyl (C=O) groups is 1. The van der Waals surface area contributed by atoms with E-state index in [2.05, 4.69) is 25.4 Å². The standard InChI is InChI=1S/C20H29N5O3/c1-14(21-13-19-24-23-18-7-5-4-6-10-25(18)19)11-20(26)22-16-9-8-15(27-2)12-17(16)28-3/h8-9,12,14,21H,4-7,10-11,13H2,1-3H3,(H,22,26). The number of hydrogen-bond acceptors (Lipinski definition) is 6. The zero-order valence-corrected chi connectivity index (χ0v) is 16.8. The van der Waals surface area contributed by atoms with E-state index < -0.39 is 0 Å². The van der Waals surface area contributed by atoms with E-state index in [4.69, 9.17) is 9.47 Å². The van der Waals surface area contributed by atoms with Crippen molar-refractivity contribution in [1.29, 1.82) is 0 Å². The highest BCUT2D eigenvalue weighted by Crippen LogP contribution is 2.29. The Morgan fingerprint density at radius 2 is 2.07 bits per heavy atom. The summed E-state index contributed by atoms with van der Waals surface area (Å²) in [5.41, 5.74) is 0.628. The molecule has 0 aliphatic carbocycles. The lowest BCUT2D eigenvalue weighted by Crippen LogP contribution is -2.31. The van der Waals surface area contributed by atoms with Gasteiger partial charge in [0.25, 0.3) is 0 Å². The molecule has 1 aromatic heterocycles. The van der Waals surface area contributed by atoms with Crippen molar-refractivity contribution in [3.63, 3.8) is 0 Å². The number of anilines is 1. The van der Waals surface area contributed by atoms with Crippen LogP contribution in [0.1, 0.15) is 44.3 Å². The summed E-state index contributed by atoms with van der Waals surface area (Å²) in [5.74, 6) is 3.19. The van der Waals surface area contributed by atoms with Gasteiger partial charge in [0.05, 0.1) is 26.5 Å². The summed E-state index contributed by atoms with van der Waals surface area (Å²) < 4.78 is 12.7. The maximum Gasteiger partial charge on any atom is 0.226 e. The number of aryl methyl sites for hydroxylation is 1. The highest BCUT2D eigenvalue weighted by molar-refractivity contribution is 5.92. The molecule has 1 aromatic carbocycles. The first kappa shape index (κ1) is 20.1. The highest BCUT2D eigenvalue weighted by Gasteiger charge is 2.16. The summed E-state index contributed by atoms with van der Waals surface area (Å²) in [6.45, 7) is 3.57.